The van der Waals surface area contributed by atoms with E-state index in [9.17, 15) is 9.90 Å². The summed E-state index contributed by atoms with van der Waals surface area (Å²) >= 11 is 0. The summed E-state index contributed by atoms with van der Waals surface area (Å²) in [6.07, 6.45) is 6.82. The van der Waals surface area contributed by atoms with Gasteiger partial charge in [-0.3, -0.25) is 4.79 Å². The van der Waals surface area contributed by atoms with E-state index in [-0.39, 0.29) is 0 Å². The molecule has 0 saturated heterocycles. The molecule has 0 aliphatic heterocycles. The lowest BCUT2D eigenvalue weighted by Crippen LogP contribution is -2.33. The van der Waals surface area contributed by atoms with Gasteiger partial charge in [0, 0.05) is 0 Å². The van der Waals surface area contributed by atoms with Crippen molar-refractivity contribution in [3.63, 3.8) is 0 Å². The lowest BCUT2D eigenvalue weighted by Gasteiger charge is -2.28. The van der Waals surface area contributed by atoms with Crippen LogP contribution in [0.15, 0.2) is 24.3 Å². The van der Waals surface area contributed by atoms with Gasteiger partial charge in [0.25, 0.3) is 0 Å². The van der Waals surface area contributed by atoms with Crippen molar-refractivity contribution < 1.29 is 9.90 Å². The Labute approximate surface area is 109 Å². The van der Waals surface area contributed by atoms with Gasteiger partial charge in [0.1, 0.15) is 0 Å². The van der Waals surface area contributed by atoms with Gasteiger partial charge in [0.05, 0.1) is 5.41 Å². The first-order chi connectivity index (χ1) is 8.64. The molecule has 0 heterocycles. The van der Waals surface area contributed by atoms with Crippen LogP contribution in [0.5, 0.6) is 0 Å². The van der Waals surface area contributed by atoms with Gasteiger partial charge in [-0.05, 0) is 37.3 Å². The molecule has 98 valence electrons. The number of carboxylic acids is 1. The second kappa shape index (κ2) is 5.55. The molecule has 1 saturated carbocycles. The van der Waals surface area contributed by atoms with Gasteiger partial charge in [-0.25, -0.2) is 0 Å². The number of benzene rings is 1. The van der Waals surface area contributed by atoms with Crippen molar-refractivity contribution in [1.29, 1.82) is 0 Å². The molecule has 1 aromatic rings. The number of aryl methyl sites for hydroxylation is 1. The van der Waals surface area contributed by atoms with Crippen LogP contribution in [0.3, 0.4) is 0 Å². The van der Waals surface area contributed by atoms with E-state index in [1.807, 2.05) is 12.1 Å². The molecule has 2 nitrogen and oxygen atoms in total. The fourth-order valence-corrected chi connectivity index (χ4v) is 3.04. The number of carboxylic acid groups (broad SMARTS) is 1. The molecule has 0 aromatic heterocycles. The summed E-state index contributed by atoms with van der Waals surface area (Å²) in [5, 5.41) is 9.67. The molecule has 2 rings (SSSR count). The number of aliphatic carboxylic acids is 1. The maximum atomic E-state index is 11.7. The minimum Gasteiger partial charge on any atom is -0.481 e. The van der Waals surface area contributed by atoms with Crippen molar-refractivity contribution >= 4 is 5.97 Å². The number of rotatable bonds is 3. The fraction of sp³-hybridized carbons (Fsp3) is 0.562. The van der Waals surface area contributed by atoms with Gasteiger partial charge in [0.2, 0.25) is 0 Å². The molecule has 1 aliphatic carbocycles. The average molecular weight is 246 g/mol. The molecule has 0 unspecified atom stereocenters. The minimum absolute atomic E-state index is 0.525. The van der Waals surface area contributed by atoms with E-state index in [2.05, 4.69) is 19.1 Å². The van der Waals surface area contributed by atoms with Gasteiger partial charge in [-0.2, -0.15) is 0 Å². The van der Waals surface area contributed by atoms with Crippen LogP contribution in [0.25, 0.3) is 0 Å². The number of hydrogen-bond donors (Lipinski definition) is 1. The van der Waals surface area contributed by atoms with Crippen molar-refractivity contribution in [3.8, 4) is 0 Å². The standard InChI is InChI=1S/C16H22O2/c1-13-8-4-5-9-14(13)12-16(15(17)18)10-6-2-3-7-11-16/h4-5,8-9H,2-3,6-7,10-12H2,1H3,(H,17,18). The van der Waals surface area contributed by atoms with E-state index in [1.165, 1.54) is 24.0 Å². The summed E-state index contributed by atoms with van der Waals surface area (Å²) in [5.41, 5.74) is 1.88. The molecule has 0 amide bonds. The molecular weight excluding hydrogens is 224 g/mol. The Bertz CT molecular complexity index is 415. The first-order valence-electron chi connectivity index (χ1n) is 6.92. The summed E-state index contributed by atoms with van der Waals surface area (Å²) in [5.74, 6) is -0.604. The normalized spacial score (nSPS) is 19.2. The Balaban J connectivity index is 2.25. The van der Waals surface area contributed by atoms with E-state index in [0.29, 0.717) is 6.42 Å². The van der Waals surface area contributed by atoms with Crippen LogP contribution in [0, 0.1) is 12.3 Å². The summed E-state index contributed by atoms with van der Waals surface area (Å²) < 4.78 is 0. The Morgan fingerprint density at radius 3 is 2.33 bits per heavy atom. The Hall–Kier alpha value is -1.31. The Morgan fingerprint density at radius 2 is 1.78 bits per heavy atom. The molecule has 1 N–H and O–H groups in total. The zero-order chi connectivity index (χ0) is 13.0. The monoisotopic (exact) mass is 246 g/mol. The maximum absolute atomic E-state index is 11.7. The van der Waals surface area contributed by atoms with Crippen molar-refractivity contribution in [3.05, 3.63) is 35.4 Å². The SMILES string of the molecule is Cc1ccccc1CC1(C(=O)O)CCCCCC1. The van der Waals surface area contributed by atoms with Crippen LogP contribution in [-0.4, -0.2) is 11.1 Å². The smallest absolute Gasteiger partial charge is 0.309 e. The fourth-order valence-electron chi connectivity index (χ4n) is 3.04. The molecule has 1 aliphatic rings. The summed E-state index contributed by atoms with van der Waals surface area (Å²) in [6.45, 7) is 2.07. The topological polar surface area (TPSA) is 37.3 Å². The molecule has 0 spiro atoms. The minimum atomic E-state index is -0.604. The molecule has 0 atom stereocenters. The zero-order valence-corrected chi connectivity index (χ0v) is 11.1. The second-order valence-corrected chi connectivity index (χ2v) is 5.60. The van der Waals surface area contributed by atoms with E-state index < -0.39 is 11.4 Å². The van der Waals surface area contributed by atoms with Gasteiger partial charge in [-0.15, -0.1) is 0 Å². The van der Waals surface area contributed by atoms with Crippen LogP contribution < -0.4 is 0 Å². The summed E-state index contributed by atoms with van der Waals surface area (Å²) in [6, 6.07) is 8.17. The maximum Gasteiger partial charge on any atom is 0.309 e. The van der Waals surface area contributed by atoms with Gasteiger partial charge in [-0.1, -0.05) is 49.9 Å². The van der Waals surface area contributed by atoms with Crippen molar-refractivity contribution in [2.75, 3.05) is 0 Å². The molecule has 0 bridgehead atoms. The Morgan fingerprint density at radius 1 is 1.17 bits per heavy atom. The zero-order valence-electron chi connectivity index (χ0n) is 11.1. The highest BCUT2D eigenvalue weighted by molar-refractivity contribution is 5.75. The van der Waals surface area contributed by atoms with Crippen molar-refractivity contribution in [1.82, 2.24) is 0 Å². The van der Waals surface area contributed by atoms with Crippen molar-refractivity contribution in [2.45, 2.75) is 51.9 Å². The van der Waals surface area contributed by atoms with Crippen LogP contribution >= 0.6 is 0 Å². The first-order valence-corrected chi connectivity index (χ1v) is 6.92. The van der Waals surface area contributed by atoms with Crippen LogP contribution in [0.4, 0.5) is 0 Å². The third-order valence-corrected chi connectivity index (χ3v) is 4.30. The average Bonchev–Trinajstić information content (AvgIpc) is 2.59. The van der Waals surface area contributed by atoms with Gasteiger partial charge < -0.3 is 5.11 Å². The molecule has 1 aromatic carbocycles. The predicted molar refractivity (Wildman–Crippen MR) is 72.7 cm³/mol. The van der Waals surface area contributed by atoms with E-state index in [4.69, 9.17) is 0 Å². The third kappa shape index (κ3) is 2.74. The molecule has 18 heavy (non-hydrogen) atoms. The molecular formula is C16H22O2. The van der Waals surface area contributed by atoms with Crippen LogP contribution in [0.1, 0.15) is 49.7 Å². The molecule has 0 radical (unpaired) electrons. The lowest BCUT2D eigenvalue weighted by molar-refractivity contribution is -0.149. The molecule has 1 fully saturated rings. The molecule has 2 heteroatoms. The Kier molecular flexibility index (Phi) is 4.05. The van der Waals surface area contributed by atoms with E-state index in [0.717, 1.165) is 25.7 Å². The van der Waals surface area contributed by atoms with Crippen LogP contribution in [-0.2, 0) is 11.2 Å². The lowest BCUT2D eigenvalue weighted by atomic mass is 9.75. The highest BCUT2D eigenvalue weighted by atomic mass is 16.4. The summed E-state index contributed by atoms with van der Waals surface area (Å²) in [7, 11) is 0. The van der Waals surface area contributed by atoms with E-state index in [1.54, 1.807) is 0 Å². The van der Waals surface area contributed by atoms with Crippen LogP contribution in [0.2, 0.25) is 0 Å². The third-order valence-electron chi connectivity index (χ3n) is 4.30. The van der Waals surface area contributed by atoms with Crippen molar-refractivity contribution in [2.24, 2.45) is 5.41 Å². The first kappa shape index (κ1) is 13.1. The quantitative estimate of drug-likeness (QED) is 0.819. The highest BCUT2D eigenvalue weighted by Gasteiger charge is 2.38. The van der Waals surface area contributed by atoms with E-state index >= 15 is 0 Å². The second-order valence-electron chi connectivity index (χ2n) is 5.60. The number of hydrogen-bond acceptors (Lipinski definition) is 1. The predicted octanol–water partition coefficient (Wildman–Crippen LogP) is 3.96. The van der Waals surface area contributed by atoms with Gasteiger partial charge in [0.15, 0.2) is 0 Å². The van der Waals surface area contributed by atoms with Gasteiger partial charge >= 0.3 is 5.97 Å². The number of carbonyl (C=O) groups is 1. The largest absolute Gasteiger partial charge is 0.481 e. The highest BCUT2D eigenvalue weighted by Crippen LogP contribution is 2.38. The summed E-state index contributed by atoms with van der Waals surface area (Å²) in [4.78, 5) is 11.7.